The average molecular weight is 497 g/mol. The van der Waals surface area contributed by atoms with Crippen molar-refractivity contribution in [2.45, 2.75) is 59.6 Å². The Hall–Kier alpha value is -0.610. The molecule has 0 bridgehead atoms. The van der Waals surface area contributed by atoms with E-state index in [4.69, 9.17) is 4.74 Å². The molecular weight excluding hydrogens is 457 g/mol. The van der Waals surface area contributed by atoms with Crippen LogP contribution in [-0.4, -0.2) is 74.8 Å². The summed E-state index contributed by atoms with van der Waals surface area (Å²) in [4.78, 5) is 18.6. The average Bonchev–Trinajstić information content (AvgIpc) is 2.59. The van der Waals surface area contributed by atoms with E-state index in [1.54, 1.807) is 0 Å². The summed E-state index contributed by atoms with van der Waals surface area (Å²) in [5.41, 5.74) is 0. The maximum absolute atomic E-state index is 11.6. The Morgan fingerprint density at radius 2 is 1.85 bits per heavy atom. The second-order valence-electron chi connectivity index (χ2n) is 7.39. The number of aliphatic imine (C=N–C) groups is 1. The summed E-state index contributed by atoms with van der Waals surface area (Å²) in [5, 5.41) is 9.72. The molecule has 160 valence electrons. The zero-order valence-corrected chi connectivity index (χ0v) is 20.0. The molecular formula is C19H40IN5O2. The molecule has 0 atom stereocenters. The van der Waals surface area contributed by atoms with E-state index in [1.807, 2.05) is 13.8 Å². The highest BCUT2D eigenvalue weighted by molar-refractivity contribution is 14.0. The molecule has 1 heterocycles. The maximum Gasteiger partial charge on any atom is 0.222 e. The number of nitrogens with zero attached hydrogens (tertiary/aromatic N) is 2. The highest BCUT2D eigenvalue weighted by Crippen LogP contribution is 2.10. The normalized spacial score (nSPS) is 16.3. The van der Waals surface area contributed by atoms with Gasteiger partial charge in [-0.1, -0.05) is 13.8 Å². The van der Waals surface area contributed by atoms with Crippen LogP contribution in [0, 0.1) is 5.92 Å². The third-order valence-electron chi connectivity index (χ3n) is 4.34. The summed E-state index contributed by atoms with van der Waals surface area (Å²) in [6, 6.07) is 0.445. The number of carbonyl (C=O) groups is 1. The highest BCUT2D eigenvalue weighted by Gasteiger charge is 2.19. The Balaban J connectivity index is 0.00000676. The molecule has 1 rings (SSSR count). The largest absolute Gasteiger partial charge is 0.377 e. The van der Waals surface area contributed by atoms with Crippen LogP contribution in [0.2, 0.25) is 0 Å². The van der Waals surface area contributed by atoms with Gasteiger partial charge in [-0.15, -0.1) is 24.0 Å². The molecule has 0 radical (unpaired) electrons. The molecule has 0 aromatic carbocycles. The number of amides is 1. The van der Waals surface area contributed by atoms with Gasteiger partial charge in [-0.05, 0) is 33.6 Å². The van der Waals surface area contributed by atoms with E-state index in [0.717, 1.165) is 51.6 Å². The lowest BCUT2D eigenvalue weighted by Gasteiger charge is -2.33. The summed E-state index contributed by atoms with van der Waals surface area (Å²) >= 11 is 0. The molecule has 3 N–H and O–H groups in total. The quantitative estimate of drug-likeness (QED) is 0.186. The van der Waals surface area contributed by atoms with Crippen molar-refractivity contribution < 1.29 is 9.53 Å². The van der Waals surface area contributed by atoms with Crippen LogP contribution in [0.3, 0.4) is 0 Å². The van der Waals surface area contributed by atoms with E-state index in [1.165, 1.54) is 0 Å². The molecule has 0 spiro atoms. The number of nitrogens with one attached hydrogen (secondary N) is 3. The first-order valence-electron chi connectivity index (χ1n) is 10.1. The molecule has 1 aliphatic rings. The molecule has 0 aliphatic carbocycles. The van der Waals surface area contributed by atoms with Gasteiger partial charge in [0.2, 0.25) is 5.91 Å². The van der Waals surface area contributed by atoms with E-state index in [2.05, 4.69) is 46.6 Å². The number of halogens is 1. The van der Waals surface area contributed by atoms with Crippen LogP contribution in [-0.2, 0) is 9.53 Å². The number of hydrogen-bond donors (Lipinski definition) is 3. The van der Waals surface area contributed by atoms with Crippen LogP contribution in [0.5, 0.6) is 0 Å². The Bertz CT molecular complexity index is 424. The van der Waals surface area contributed by atoms with E-state index in [-0.39, 0.29) is 35.8 Å². The number of likely N-dealkylation sites (tertiary alicyclic amines) is 1. The van der Waals surface area contributed by atoms with Gasteiger partial charge in [0.05, 0.1) is 19.3 Å². The molecule has 0 saturated carbocycles. The minimum Gasteiger partial charge on any atom is -0.377 e. The van der Waals surface area contributed by atoms with Crippen molar-refractivity contribution in [3.8, 4) is 0 Å². The lowest BCUT2D eigenvalue weighted by atomic mass is 10.1. The minimum atomic E-state index is 0. The zero-order valence-electron chi connectivity index (χ0n) is 17.7. The Labute approximate surface area is 182 Å². The van der Waals surface area contributed by atoms with Crippen LogP contribution in [0.15, 0.2) is 4.99 Å². The van der Waals surface area contributed by atoms with Crippen molar-refractivity contribution in [2.24, 2.45) is 10.9 Å². The van der Waals surface area contributed by atoms with Crippen molar-refractivity contribution in [1.29, 1.82) is 0 Å². The monoisotopic (exact) mass is 497 g/mol. The smallest absolute Gasteiger partial charge is 0.222 e. The lowest BCUT2D eigenvalue weighted by molar-refractivity contribution is -0.123. The maximum atomic E-state index is 11.6. The van der Waals surface area contributed by atoms with Crippen molar-refractivity contribution in [2.75, 3.05) is 45.9 Å². The van der Waals surface area contributed by atoms with E-state index in [0.29, 0.717) is 25.2 Å². The van der Waals surface area contributed by atoms with Crippen molar-refractivity contribution in [3.63, 3.8) is 0 Å². The molecule has 0 aromatic heterocycles. The molecule has 27 heavy (non-hydrogen) atoms. The first-order valence-corrected chi connectivity index (χ1v) is 10.1. The molecule has 1 fully saturated rings. The number of guanidine groups is 1. The van der Waals surface area contributed by atoms with Crippen molar-refractivity contribution in [3.05, 3.63) is 0 Å². The molecule has 8 heteroatoms. The van der Waals surface area contributed by atoms with Crippen molar-refractivity contribution in [1.82, 2.24) is 20.9 Å². The van der Waals surface area contributed by atoms with Gasteiger partial charge < -0.3 is 25.6 Å². The fourth-order valence-corrected chi connectivity index (χ4v) is 2.78. The predicted molar refractivity (Wildman–Crippen MR) is 123 cm³/mol. The second-order valence-corrected chi connectivity index (χ2v) is 7.39. The standard InChI is InChI=1S/C19H39N5O2.HI/c1-6-20-19(22-10-9-21-18(25)15(2)3)23-17-7-11-24(12-8-17)13-14-26-16(4)5;/h15-17H,6-14H2,1-5H3,(H,21,25)(H2,20,22,23);1H. The van der Waals surface area contributed by atoms with Crippen LogP contribution in [0.1, 0.15) is 47.5 Å². The number of rotatable bonds is 10. The van der Waals surface area contributed by atoms with Gasteiger partial charge in [-0.25, -0.2) is 0 Å². The number of ether oxygens (including phenoxy) is 1. The number of carbonyl (C=O) groups excluding carboxylic acids is 1. The third kappa shape index (κ3) is 12.5. The first kappa shape index (κ1) is 26.4. The lowest BCUT2D eigenvalue weighted by Crippen LogP contribution is -2.49. The highest BCUT2D eigenvalue weighted by atomic mass is 127. The number of piperidine rings is 1. The summed E-state index contributed by atoms with van der Waals surface area (Å²) < 4.78 is 5.64. The third-order valence-corrected chi connectivity index (χ3v) is 4.34. The van der Waals surface area contributed by atoms with Gasteiger partial charge in [0.15, 0.2) is 5.96 Å². The zero-order chi connectivity index (χ0) is 19.4. The fraction of sp³-hybridized carbons (Fsp3) is 0.895. The van der Waals surface area contributed by atoms with Crippen LogP contribution < -0.4 is 16.0 Å². The van der Waals surface area contributed by atoms with E-state index >= 15 is 0 Å². The van der Waals surface area contributed by atoms with Crippen LogP contribution in [0.25, 0.3) is 0 Å². The molecule has 0 unspecified atom stereocenters. The topological polar surface area (TPSA) is 78.0 Å². The molecule has 0 aromatic rings. The molecule has 7 nitrogen and oxygen atoms in total. The van der Waals surface area contributed by atoms with E-state index < -0.39 is 0 Å². The van der Waals surface area contributed by atoms with Crippen LogP contribution >= 0.6 is 24.0 Å². The number of hydrogen-bond acceptors (Lipinski definition) is 4. The minimum absolute atomic E-state index is 0. The Morgan fingerprint density at radius 1 is 1.19 bits per heavy atom. The summed E-state index contributed by atoms with van der Waals surface area (Å²) in [6.45, 7) is 16.0. The molecule has 1 saturated heterocycles. The summed E-state index contributed by atoms with van der Waals surface area (Å²) in [6.07, 6.45) is 2.52. The van der Waals surface area contributed by atoms with Gasteiger partial charge in [0, 0.05) is 44.7 Å². The van der Waals surface area contributed by atoms with Gasteiger partial charge in [0.25, 0.3) is 0 Å². The fourth-order valence-electron chi connectivity index (χ4n) is 2.78. The molecule has 1 amide bonds. The second kappa shape index (κ2) is 15.3. The first-order chi connectivity index (χ1) is 12.4. The summed E-state index contributed by atoms with van der Waals surface area (Å²) in [5.74, 6) is 0.932. The predicted octanol–water partition coefficient (Wildman–Crippen LogP) is 1.82. The van der Waals surface area contributed by atoms with Gasteiger partial charge in [-0.3, -0.25) is 9.79 Å². The summed E-state index contributed by atoms with van der Waals surface area (Å²) in [7, 11) is 0. The van der Waals surface area contributed by atoms with Crippen molar-refractivity contribution >= 4 is 35.8 Å². The molecule has 1 aliphatic heterocycles. The Morgan fingerprint density at radius 3 is 2.41 bits per heavy atom. The van der Waals surface area contributed by atoms with E-state index in [9.17, 15) is 4.79 Å². The van der Waals surface area contributed by atoms with Gasteiger partial charge >= 0.3 is 0 Å². The van der Waals surface area contributed by atoms with Gasteiger partial charge in [0.1, 0.15) is 0 Å². The van der Waals surface area contributed by atoms with Crippen LogP contribution in [0.4, 0.5) is 0 Å². The Kier molecular flexibility index (Phi) is 15.0. The van der Waals surface area contributed by atoms with Gasteiger partial charge in [-0.2, -0.15) is 0 Å². The SMILES string of the molecule is CCNC(=NCCNC(=O)C(C)C)NC1CCN(CCOC(C)C)CC1.I.